The van der Waals surface area contributed by atoms with Gasteiger partial charge in [0.2, 0.25) is 0 Å². The third kappa shape index (κ3) is 4.81. The lowest BCUT2D eigenvalue weighted by molar-refractivity contribution is 0.147. The number of ether oxygens (including phenoxy) is 1. The molecule has 0 spiro atoms. The van der Waals surface area contributed by atoms with Crippen molar-refractivity contribution < 1.29 is 4.74 Å². The van der Waals surface area contributed by atoms with Crippen molar-refractivity contribution in [3.63, 3.8) is 0 Å². The normalized spacial score (nSPS) is 10.8. The van der Waals surface area contributed by atoms with E-state index in [1.54, 1.807) is 7.11 Å². The number of methoxy groups -OCH3 is 1. The molecule has 0 radical (unpaired) electrons. The minimum absolute atomic E-state index is 0.447. The van der Waals surface area contributed by atoms with Crippen LogP contribution in [-0.2, 0) is 11.3 Å². The fourth-order valence-corrected chi connectivity index (χ4v) is 1.74. The van der Waals surface area contributed by atoms with Crippen LogP contribution in [0.5, 0.6) is 0 Å². The van der Waals surface area contributed by atoms with E-state index in [1.165, 1.54) is 5.56 Å². The molecule has 0 amide bonds. The van der Waals surface area contributed by atoms with Gasteiger partial charge in [-0.2, -0.15) is 0 Å². The lowest BCUT2D eigenvalue weighted by Crippen LogP contribution is -2.26. The van der Waals surface area contributed by atoms with Crippen LogP contribution in [0, 0.1) is 0 Å². The minimum Gasteiger partial charge on any atom is -0.389 e. The van der Waals surface area contributed by atoms with Crippen molar-refractivity contribution in [3.05, 3.63) is 35.4 Å². The molecule has 3 nitrogen and oxygen atoms in total. The molecule has 1 aromatic rings. The van der Waals surface area contributed by atoms with E-state index in [2.05, 4.69) is 24.0 Å². The van der Waals surface area contributed by atoms with Gasteiger partial charge in [-0.05, 0) is 12.1 Å². The first-order valence-corrected chi connectivity index (χ1v) is 6.18. The van der Waals surface area contributed by atoms with Crippen molar-refractivity contribution in [1.82, 2.24) is 4.90 Å². The van der Waals surface area contributed by atoms with Gasteiger partial charge in [0.25, 0.3) is 0 Å². The SMILES string of the molecule is CCN(CCOC)Cc1ccc(C(N)=S)cc1. The van der Waals surface area contributed by atoms with E-state index in [9.17, 15) is 0 Å². The molecule has 1 rings (SSSR count). The largest absolute Gasteiger partial charge is 0.389 e. The summed E-state index contributed by atoms with van der Waals surface area (Å²) >= 11 is 4.92. The molecule has 0 bridgehead atoms. The second kappa shape index (κ2) is 7.37. The van der Waals surface area contributed by atoms with Crippen LogP contribution in [0.2, 0.25) is 0 Å². The van der Waals surface area contributed by atoms with Gasteiger partial charge < -0.3 is 10.5 Å². The van der Waals surface area contributed by atoms with Crippen LogP contribution in [0.3, 0.4) is 0 Å². The summed E-state index contributed by atoms with van der Waals surface area (Å²) in [6, 6.07) is 8.09. The highest BCUT2D eigenvalue weighted by Gasteiger charge is 2.03. The molecule has 0 saturated carbocycles. The zero-order valence-corrected chi connectivity index (χ0v) is 11.3. The smallest absolute Gasteiger partial charge is 0.103 e. The van der Waals surface area contributed by atoms with Crippen LogP contribution in [-0.4, -0.2) is 36.7 Å². The summed E-state index contributed by atoms with van der Waals surface area (Å²) in [5, 5.41) is 0. The molecular formula is C13H20N2OS. The third-order valence-corrected chi connectivity index (χ3v) is 2.94. The molecular weight excluding hydrogens is 232 g/mol. The highest BCUT2D eigenvalue weighted by Crippen LogP contribution is 2.07. The van der Waals surface area contributed by atoms with Crippen LogP contribution in [0.1, 0.15) is 18.1 Å². The lowest BCUT2D eigenvalue weighted by Gasteiger charge is -2.20. The number of rotatable bonds is 7. The van der Waals surface area contributed by atoms with Crippen molar-refractivity contribution in [1.29, 1.82) is 0 Å². The van der Waals surface area contributed by atoms with Crippen molar-refractivity contribution in [2.45, 2.75) is 13.5 Å². The number of likely N-dealkylation sites (N-methyl/N-ethyl adjacent to an activating group) is 1. The van der Waals surface area contributed by atoms with Gasteiger partial charge in [-0.3, -0.25) is 4.90 Å². The molecule has 0 aliphatic heterocycles. The predicted molar refractivity (Wildman–Crippen MR) is 75.2 cm³/mol. The van der Waals surface area contributed by atoms with Gasteiger partial charge in [-0.15, -0.1) is 0 Å². The topological polar surface area (TPSA) is 38.5 Å². The molecule has 0 unspecified atom stereocenters. The fraction of sp³-hybridized carbons (Fsp3) is 0.462. The molecule has 0 aliphatic rings. The van der Waals surface area contributed by atoms with Crippen molar-refractivity contribution in [2.24, 2.45) is 5.73 Å². The Morgan fingerprint density at radius 2 is 2.00 bits per heavy atom. The molecule has 17 heavy (non-hydrogen) atoms. The second-order valence-electron chi connectivity index (χ2n) is 3.92. The maximum absolute atomic E-state index is 5.56. The van der Waals surface area contributed by atoms with Crippen LogP contribution in [0.15, 0.2) is 24.3 Å². The van der Waals surface area contributed by atoms with Gasteiger partial charge in [0.15, 0.2) is 0 Å². The summed E-state index contributed by atoms with van der Waals surface area (Å²) < 4.78 is 5.09. The number of nitrogens with two attached hydrogens (primary N) is 1. The van der Waals surface area contributed by atoms with Crippen LogP contribution < -0.4 is 5.73 Å². The molecule has 0 heterocycles. The van der Waals surface area contributed by atoms with Crippen LogP contribution in [0.25, 0.3) is 0 Å². The van der Waals surface area contributed by atoms with E-state index < -0.39 is 0 Å². The zero-order valence-electron chi connectivity index (χ0n) is 10.5. The molecule has 4 heteroatoms. The van der Waals surface area contributed by atoms with Gasteiger partial charge >= 0.3 is 0 Å². The predicted octanol–water partition coefficient (Wildman–Crippen LogP) is 1.79. The minimum atomic E-state index is 0.447. The van der Waals surface area contributed by atoms with E-state index in [1.807, 2.05) is 12.1 Å². The first-order chi connectivity index (χ1) is 8.17. The average molecular weight is 252 g/mol. The molecule has 0 fully saturated rings. The Labute approximate surface area is 109 Å². The number of nitrogens with zero attached hydrogens (tertiary/aromatic N) is 1. The average Bonchev–Trinajstić information content (AvgIpc) is 2.35. The van der Waals surface area contributed by atoms with Crippen molar-refractivity contribution in [2.75, 3.05) is 26.8 Å². The lowest BCUT2D eigenvalue weighted by atomic mass is 10.1. The summed E-state index contributed by atoms with van der Waals surface area (Å²) in [6.45, 7) is 5.81. The molecule has 1 aromatic carbocycles. The van der Waals surface area contributed by atoms with E-state index in [0.29, 0.717) is 4.99 Å². The van der Waals surface area contributed by atoms with Gasteiger partial charge in [0.05, 0.1) is 6.61 Å². The highest BCUT2D eigenvalue weighted by molar-refractivity contribution is 7.80. The summed E-state index contributed by atoms with van der Waals surface area (Å²) in [5.41, 5.74) is 7.75. The molecule has 0 aliphatic carbocycles. The molecule has 2 N–H and O–H groups in total. The Morgan fingerprint density at radius 1 is 1.35 bits per heavy atom. The summed E-state index contributed by atoms with van der Waals surface area (Å²) in [5.74, 6) is 0. The number of hydrogen-bond acceptors (Lipinski definition) is 3. The van der Waals surface area contributed by atoms with E-state index in [0.717, 1.165) is 31.8 Å². The highest BCUT2D eigenvalue weighted by atomic mass is 32.1. The maximum atomic E-state index is 5.56. The van der Waals surface area contributed by atoms with Crippen molar-refractivity contribution in [3.8, 4) is 0 Å². The molecule has 94 valence electrons. The van der Waals surface area contributed by atoms with E-state index in [4.69, 9.17) is 22.7 Å². The summed E-state index contributed by atoms with van der Waals surface area (Å²) in [6.07, 6.45) is 0. The van der Waals surface area contributed by atoms with Crippen LogP contribution in [0.4, 0.5) is 0 Å². The maximum Gasteiger partial charge on any atom is 0.103 e. The Kier molecular flexibility index (Phi) is 6.11. The first kappa shape index (κ1) is 14.1. The van der Waals surface area contributed by atoms with Gasteiger partial charge in [-0.25, -0.2) is 0 Å². The van der Waals surface area contributed by atoms with Gasteiger partial charge in [0.1, 0.15) is 4.99 Å². The molecule has 0 aromatic heterocycles. The number of benzene rings is 1. The first-order valence-electron chi connectivity index (χ1n) is 5.77. The van der Waals surface area contributed by atoms with E-state index >= 15 is 0 Å². The number of thiocarbonyl (C=S) groups is 1. The summed E-state index contributed by atoms with van der Waals surface area (Å²) in [7, 11) is 1.73. The Balaban J connectivity index is 2.57. The second-order valence-corrected chi connectivity index (χ2v) is 4.36. The molecule has 0 atom stereocenters. The number of hydrogen-bond donors (Lipinski definition) is 1. The fourth-order valence-electron chi connectivity index (χ4n) is 1.60. The van der Waals surface area contributed by atoms with Gasteiger partial charge in [-0.1, -0.05) is 43.4 Å². The van der Waals surface area contributed by atoms with Crippen molar-refractivity contribution >= 4 is 17.2 Å². The Hall–Kier alpha value is -0.970. The van der Waals surface area contributed by atoms with E-state index in [-0.39, 0.29) is 0 Å². The third-order valence-electron chi connectivity index (χ3n) is 2.70. The molecule has 0 saturated heterocycles. The van der Waals surface area contributed by atoms with Crippen LogP contribution >= 0.6 is 12.2 Å². The summed E-state index contributed by atoms with van der Waals surface area (Å²) in [4.78, 5) is 2.78. The van der Waals surface area contributed by atoms with Gasteiger partial charge in [0, 0.05) is 25.8 Å². The monoisotopic (exact) mass is 252 g/mol. The zero-order chi connectivity index (χ0) is 12.7. The Bertz CT molecular complexity index is 351. The Morgan fingerprint density at radius 3 is 2.47 bits per heavy atom. The quantitative estimate of drug-likeness (QED) is 0.751. The standard InChI is InChI=1S/C13H20N2OS/c1-3-15(8-9-16-2)10-11-4-6-12(7-5-11)13(14)17/h4-7H,3,8-10H2,1-2H3,(H2,14,17).